The van der Waals surface area contributed by atoms with Gasteiger partial charge in [0, 0.05) is 33.3 Å². The van der Waals surface area contributed by atoms with E-state index in [-0.39, 0.29) is 28.4 Å². The lowest BCUT2D eigenvalue weighted by Gasteiger charge is -2.25. The standard InChI is InChI=1S/C16H26ClN5O4/c1-16(2,3)26-15(23)21(5)9-7-6-8-20(4)14-13(22(24)25)11(18)10-12(17)19-14/h10H,6-9H2,1-5H3,(H2,18,19). The third-order valence-electron chi connectivity index (χ3n) is 3.46. The zero-order chi connectivity index (χ0) is 20.1. The number of anilines is 2. The molecular weight excluding hydrogens is 362 g/mol. The minimum Gasteiger partial charge on any atom is -0.444 e. The van der Waals surface area contributed by atoms with E-state index in [9.17, 15) is 14.9 Å². The molecule has 0 aromatic carbocycles. The molecule has 1 aromatic heterocycles. The maximum absolute atomic E-state index is 11.9. The minimum atomic E-state index is -0.569. The molecule has 1 aromatic rings. The highest BCUT2D eigenvalue weighted by Crippen LogP contribution is 2.33. The second kappa shape index (κ2) is 8.88. The normalized spacial score (nSPS) is 11.2. The number of nitrogens with zero attached hydrogens (tertiary/aromatic N) is 4. The van der Waals surface area contributed by atoms with Crippen LogP contribution in [0.4, 0.5) is 22.0 Å². The Morgan fingerprint density at radius 1 is 1.35 bits per heavy atom. The summed E-state index contributed by atoms with van der Waals surface area (Å²) in [7, 11) is 3.35. The smallest absolute Gasteiger partial charge is 0.410 e. The van der Waals surface area contributed by atoms with Crippen molar-refractivity contribution in [2.45, 2.75) is 39.2 Å². The summed E-state index contributed by atoms with van der Waals surface area (Å²) in [4.78, 5) is 29.7. The van der Waals surface area contributed by atoms with Crippen molar-refractivity contribution in [1.29, 1.82) is 0 Å². The van der Waals surface area contributed by atoms with Gasteiger partial charge < -0.3 is 20.3 Å². The third-order valence-corrected chi connectivity index (χ3v) is 3.65. The van der Waals surface area contributed by atoms with Gasteiger partial charge in [0.05, 0.1) is 4.92 Å². The van der Waals surface area contributed by atoms with Crippen LogP contribution in [0.2, 0.25) is 5.15 Å². The fraction of sp³-hybridized carbons (Fsp3) is 0.625. The van der Waals surface area contributed by atoms with Gasteiger partial charge in [0.15, 0.2) is 0 Å². The van der Waals surface area contributed by atoms with Crippen molar-refractivity contribution in [3.05, 3.63) is 21.3 Å². The van der Waals surface area contributed by atoms with E-state index >= 15 is 0 Å². The Bertz CT molecular complexity index is 663. The van der Waals surface area contributed by atoms with Crippen LogP contribution in [-0.4, -0.2) is 53.7 Å². The number of halogens is 1. The van der Waals surface area contributed by atoms with Gasteiger partial charge >= 0.3 is 11.8 Å². The average Bonchev–Trinajstić information content (AvgIpc) is 2.47. The van der Waals surface area contributed by atoms with Crippen LogP contribution in [0.25, 0.3) is 0 Å². The monoisotopic (exact) mass is 387 g/mol. The number of hydrogen-bond donors (Lipinski definition) is 1. The first-order valence-electron chi connectivity index (χ1n) is 8.18. The van der Waals surface area contributed by atoms with Crippen LogP contribution in [0, 0.1) is 10.1 Å². The van der Waals surface area contributed by atoms with Crippen LogP contribution in [0.15, 0.2) is 6.07 Å². The summed E-state index contributed by atoms with van der Waals surface area (Å²) in [5.74, 6) is 0.125. The summed E-state index contributed by atoms with van der Waals surface area (Å²) in [5.41, 5.74) is 4.86. The summed E-state index contributed by atoms with van der Waals surface area (Å²) in [6.07, 6.45) is 1.00. The molecule has 0 radical (unpaired) electrons. The molecule has 0 saturated carbocycles. The van der Waals surface area contributed by atoms with E-state index in [1.165, 1.54) is 11.0 Å². The van der Waals surface area contributed by atoms with Crippen molar-refractivity contribution >= 4 is 34.9 Å². The Kier molecular flexibility index (Phi) is 7.43. The average molecular weight is 388 g/mol. The third kappa shape index (κ3) is 6.55. The van der Waals surface area contributed by atoms with E-state index in [2.05, 4.69) is 4.98 Å². The van der Waals surface area contributed by atoms with Crippen LogP contribution < -0.4 is 10.6 Å². The number of aromatic nitrogens is 1. The zero-order valence-corrected chi connectivity index (χ0v) is 16.5. The number of nitrogen functional groups attached to an aromatic ring is 1. The van der Waals surface area contributed by atoms with E-state index in [1.54, 1.807) is 19.0 Å². The van der Waals surface area contributed by atoms with Gasteiger partial charge in [-0.1, -0.05) is 11.6 Å². The van der Waals surface area contributed by atoms with Crippen molar-refractivity contribution in [1.82, 2.24) is 9.88 Å². The molecule has 146 valence electrons. The lowest BCUT2D eigenvalue weighted by atomic mass is 10.2. The first-order valence-corrected chi connectivity index (χ1v) is 8.56. The maximum atomic E-state index is 11.9. The summed E-state index contributed by atoms with van der Waals surface area (Å²) in [5, 5.41) is 11.3. The van der Waals surface area contributed by atoms with Crippen molar-refractivity contribution in [3.63, 3.8) is 0 Å². The topological polar surface area (TPSA) is 115 Å². The van der Waals surface area contributed by atoms with Gasteiger partial charge in [0.2, 0.25) is 5.82 Å². The summed E-state index contributed by atoms with van der Waals surface area (Å²) in [6, 6.07) is 1.26. The molecular formula is C16H26ClN5O4. The minimum absolute atomic E-state index is 0.0264. The first-order chi connectivity index (χ1) is 11.9. The number of rotatable bonds is 7. The quantitative estimate of drug-likeness (QED) is 0.330. The van der Waals surface area contributed by atoms with Gasteiger partial charge in [-0.15, -0.1) is 0 Å². The van der Waals surface area contributed by atoms with Crippen LogP contribution in [0.5, 0.6) is 0 Å². The Balaban J connectivity index is 2.59. The van der Waals surface area contributed by atoms with E-state index in [4.69, 9.17) is 22.1 Å². The van der Waals surface area contributed by atoms with Crippen molar-refractivity contribution < 1.29 is 14.5 Å². The molecule has 2 N–H and O–H groups in total. The predicted octanol–water partition coefficient (Wildman–Crippen LogP) is 3.31. The molecule has 0 aliphatic carbocycles. The molecule has 0 atom stereocenters. The molecule has 26 heavy (non-hydrogen) atoms. The predicted molar refractivity (Wildman–Crippen MR) is 102 cm³/mol. The fourth-order valence-electron chi connectivity index (χ4n) is 2.20. The van der Waals surface area contributed by atoms with Crippen LogP contribution >= 0.6 is 11.6 Å². The highest BCUT2D eigenvalue weighted by Gasteiger charge is 2.24. The molecule has 0 unspecified atom stereocenters. The van der Waals surface area contributed by atoms with Gasteiger partial charge in [0.25, 0.3) is 0 Å². The highest BCUT2D eigenvalue weighted by atomic mass is 35.5. The van der Waals surface area contributed by atoms with Crippen molar-refractivity contribution in [2.75, 3.05) is 37.8 Å². The number of nitro groups is 1. The number of ether oxygens (including phenoxy) is 1. The molecule has 0 saturated heterocycles. The molecule has 0 fully saturated rings. The highest BCUT2D eigenvalue weighted by molar-refractivity contribution is 6.30. The second-order valence-electron chi connectivity index (χ2n) is 6.99. The Morgan fingerprint density at radius 3 is 2.46 bits per heavy atom. The van der Waals surface area contributed by atoms with Gasteiger partial charge in [-0.25, -0.2) is 9.78 Å². The van der Waals surface area contributed by atoms with Crippen molar-refractivity contribution in [2.24, 2.45) is 0 Å². The van der Waals surface area contributed by atoms with Gasteiger partial charge in [-0.3, -0.25) is 10.1 Å². The van der Waals surface area contributed by atoms with Crippen LogP contribution in [0.3, 0.4) is 0 Å². The molecule has 0 spiro atoms. The molecule has 9 nitrogen and oxygen atoms in total. The van der Waals surface area contributed by atoms with Gasteiger partial charge in [-0.05, 0) is 33.6 Å². The Morgan fingerprint density at radius 2 is 1.92 bits per heavy atom. The zero-order valence-electron chi connectivity index (χ0n) is 15.8. The Labute approximate surface area is 158 Å². The van der Waals surface area contributed by atoms with Crippen LogP contribution in [0.1, 0.15) is 33.6 Å². The molecule has 1 heterocycles. The number of amides is 1. The number of unbranched alkanes of at least 4 members (excludes halogenated alkanes) is 1. The van der Waals surface area contributed by atoms with E-state index in [0.29, 0.717) is 25.9 Å². The molecule has 10 heteroatoms. The lowest BCUT2D eigenvalue weighted by molar-refractivity contribution is -0.383. The molecule has 0 aliphatic heterocycles. The SMILES string of the molecule is CN(CCCCN(C)c1nc(Cl)cc(N)c1[N+](=O)[O-])C(=O)OC(C)(C)C. The maximum Gasteiger partial charge on any atom is 0.410 e. The van der Waals surface area contributed by atoms with Gasteiger partial charge in [-0.2, -0.15) is 0 Å². The van der Waals surface area contributed by atoms with Gasteiger partial charge in [0.1, 0.15) is 16.4 Å². The first kappa shape index (κ1) is 21.8. The number of pyridine rings is 1. The van der Waals surface area contributed by atoms with E-state index < -0.39 is 10.5 Å². The summed E-state index contributed by atoms with van der Waals surface area (Å²) >= 11 is 5.86. The summed E-state index contributed by atoms with van der Waals surface area (Å²) < 4.78 is 5.28. The largest absolute Gasteiger partial charge is 0.444 e. The molecule has 0 bridgehead atoms. The molecule has 1 rings (SSSR count). The number of carbonyl (C=O) groups excluding carboxylic acids is 1. The lowest BCUT2D eigenvalue weighted by Crippen LogP contribution is -2.35. The number of hydrogen-bond acceptors (Lipinski definition) is 7. The van der Waals surface area contributed by atoms with E-state index in [0.717, 1.165) is 0 Å². The van der Waals surface area contributed by atoms with Crippen LogP contribution in [-0.2, 0) is 4.74 Å². The van der Waals surface area contributed by atoms with Crippen molar-refractivity contribution in [3.8, 4) is 0 Å². The summed E-state index contributed by atoms with van der Waals surface area (Å²) in [6.45, 7) is 6.44. The van der Waals surface area contributed by atoms with E-state index in [1.807, 2.05) is 20.8 Å². The molecule has 0 aliphatic rings. The Hall–Kier alpha value is -2.29. The fourth-order valence-corrected chi connectivity index (χ4v) is 2.40. The number of nitrogens with two attached hydrogens (primary N) is 1. The second-order valence-corrected chi connectivity index (χ2v) is 7.38. The number of carbonyl (C=O) groups is 1. The molecule has 1 amide bonds.